The molecule has 1 aromatic heterocycles. The number of carboxylic acids is 1. The Kier molecular flexibility index (Phi) is 6.16. The Hall–Kier alpha value is -2.83. The number of para-hydroxylation sites is 1. The van der Waals surface area contributed by atoms with Crippen LogP contribution in [-0.4, -0.2) is 40.5 Å². The van der Waals surface area contributed by atoms with Crippen molar-refractivity contribution in [3.8, 4) is 0 Å². The van der Waals surface area contributed by atoms with Gasteiger partial charge in [-0.1, -0.05) is 25.1 Å². The van der Waals surface area contributed by atoms with Crippen LogP contribution in [0.15, 0.2) is 30.5 Å². The molecule has 25 heavy (non-hydrogen) atoms. The molecule has 0 aliphatic heterocycles. The minimum absolute atomic E-state index is 0.0203. The summed E-state index contributed by atoms with van der Waals surface area (Å²) in [6, 6.07) is 7.03. The molecule has 1 aromatic carbocycles. The van der Waals surface area contributed by atoms with Crippen LogP contribution in [0.5, 0.6) is 0 Å². The van der Waals surface area contributed by atoms with Crippen LogP contribution in [0.3, 0.4) is 0 Å². The third-order valence-corrected chi connectivity index (χ3v) is 3.94. The van der Waals surface area contributed by atoms with Crippen molar-refractivity contribution in [1.82, 2.24) is 15.6 Å². The summed E-state index contributed by atoms with van der Waals surface area (Å²) in [6.45, 7) is 3.36. The van der Waals surface area contributed by atoms with Crippen molar-refractivity contribution in [3.05, 3.63) is 36.0 Å². The molecule has 2 atom stereocenters. The van der Waals surface area contributed by atoms with Crippen molar-refractivity contribution in [3.63, 3.8) is 0 Å². The first-order valence-electron chi connectivity index (χ1n) is 8.18. The van der Waals surface area contributed by atoms with Gasteiger partial charge in [-0.3, -0.25) is 14.4 Å². The zero-order chi connectivity index (χ0) is 18.4. The van der Waals surface area contributed by atoms with E-state index in [0.717, 1.165) is 16.5 Å². The van der Waals surface area contributed by atoms with Crippen molar-refractivity contribution < 1.29 is 19.5 Å². The number of aromatic amines is 1. The lowest BCUT2D eigenvalue weighted by Gasteiger charge is -2.19. The van der Waals surface area contributed by atoms with Gasteiger partial charge in [-0.2, -0.15) is 0 Å². The van der Waals surface area contributed by atoms with Gasteiger partial charge >= 0.3 is 5.97 Å². The van der Waals surface area contributed by atoms with Crippen LogP contribution in [0, 0.1) is 5.92 Å². The summed E-state index contributed by atoms with van der Waals surface area (Å²) in [7, 11) is 0. The predicted octanol–water partition coefficient (Wildman–Crippen LogP) is 1.44. The van der Waals surface area contributed by atoms with Crippen LogP contribution in [-0.2, 0) is 20.8 Å². The number of nitrogens with one attached hydrogen (secondary N) is 3. The van der Waals surface area contributed by atoms with E-state index >= 15 is 0 Å². The largest absolute Gasteiger partial charge is 0.481 e. The fourth-order valence-electron chi connectivity index (χ4n) is 2.74. The van der Waals surface area contributed by atoms with E-state index < -0.39 is 12.0 Å². The molecule has 0 radical (unpaired) electrons. The van der Waals surface area contributed by atoms with Crippen LogP contribution >= 0.6 is 0 Å². The molecule has 0 saturated carbocycles. The number of fused-ring (bicyclic) bond motifs is 1. The van der Waals surface area contributed by atoms with E-state index in [1.165, 1.54) is 6.92 Å². The standard InChI is InChI=1S/C18H23N3O4/c1-11(7-17(23)24)9-20-18(25)16(21-12(2)22)8-13-10-19-15-6-4-3-5-14(13)15/h3-6,10-11,16,19H,7-9H2,1-2H3,(H,20,25)(H,21,22)(H,23,24). The zero-order valence-corrected chi connectivity index (χ0v) is 14.3. The van der Waals surface area contributed by atoms with Gasteiger partial charge in [0.25, 0.3) is 0 Å². The fourth-order valence-corrected chi connectivity index (χ4v) is 2.74. The second-order valence-electron chi connectivity index (χ2n) is 6.26. The SMILES string of the molecule is CC(=O)NC(Cc1c[nH]c2ccccc12)C(=O)NCC(C)CC(=O)O. The van der Waals surface area contributed by atoms with E-state index in [-0.39, 0.29) is 30.7 Å². The summed E-state index contributed by atoms with van der Waals surface area (Å²) in [4.78, 5) is 37.8. The number of carboxylic acid groups (broad SMARTS) is 1. The van der Waals surface area contributed by atoms with Crippen LogP contribution < -0.4 is 10.6 Å². The minimum Gasteiger partial charge on any atom is -0.481 e. The highest BCUT2D eigenvalue weighted by Crippen LogP contribution is 2.19. The van der Waals surface area contributed by atoms with Crippen LogP contribution in [0.1, 0.15) is 25.8 Å². The summed E-state index contributed by atoms with van der Waals surface area (Å²) in [5.41, 5.74) is 1.90. The Morgan fingerprint density at radius 3 is 2.64 bits per heavy atom. The highest BCUT2D eigenvalue weighted by Gasteiger charge is 2.22. The molecule has 2 unspecified atom stereocenters. The Balaban J connectivity index is 2.06. The fraction of sp³-hybridized carbons (Fsp3) is 0.389. The third kappa shape index (κ3) is 5.34. The van der Waals surface area contributed by atoms with Crippen LogP contribution in [0.4, 0.5) is 0 Å². The lowest BCUT2D eigenvalue weighted by atomic mass is 10.0. The van der Waals surface area contributed by atoms with Gasteiger partial charge in [0.2, 0.25) is 11.8 Å². The van der Waals surface area contributed by atoms with Gasteiger partial charge in [0.05, 0.1) is 0 Å². The Morgan fingerprint density at radius 1 is 1.24 bits per heavy atom. The molecule has 134 valence electrons. The number of aliphatic carboxylic acids is 1. The number of carbonyl (C=O) groups is 3. The molecule has 0 fully saturated rings. The highest BCUT2D eigenvalue weighted by atomic mass is 16.4. The normalized spacial score (nSPS) is 13.2. The molecular formula is C18H23N3O4. The van der Waals surface area contributed by atoms with E-state index in [9.17, 15) is 14.4 Å². The van der Waals surface area contributed by atoms with Crippen LogP contribution in [0.2, 0.25) is 0 Å². The molecule has 0 spiro atoms. The minimum atomic E-state index is -0.904. The summed E-state index contributed by atoms with van der Waals surface area (Å²) in [6.07, 6.45) is 2.16. The molecule has 7 heteroatoms. The molecule has 2 aromatic rings. The number of hydrogen-bond donors (Lipinski definition) is 4. The van der Waals surface area contributed by atoms with Gasteiger partial charge in [0.15, 0.2) is 0 Å². The van der Waals surface area contributed by atoms with Crippen LogP contribution in [0.25, 0.3) is 10.9 Å². The summed E-state index contributed by atoms with van der Waals surface area (Å²) >= 11 is 0. The molecule has 0 bridgehead atoms. The van der Waals surface area contributed by atoms with Crippen molar-refractivity contribution in [2.45, 2.75) is 32.7 Å². The maximum atomic E-state index is 12.4. The molecule has 2 amide bonds. The lowest BCUT2D eigenvalue weighted by Crippen LogP contribution is -2.48. The van der Waals surface area contributed by atoms with Crippen molar-refractivity contribution in [1.29, 1.82) is 0 Å². The first-order chi connectivity index (χ1) is 11.9. The number of hydrogen-bond acceptors (Lipinski definition) is 3. The Bertz CT molecular complexity index is 769. The zero-order valence-electron chi connectivity index (χ0n) is 14.3. The summed E-state index contributed by atoms with van der Waals surface area (Å²) in [5.74, 6) is -1.71. The maximum absolute atomic E-state index is 12.4. The van der Waals surface area contributed by atoms with E-state index in [4.69, 9.17) is 5.11 Å². The molecule has 1 heterocycles. The molecule has 2 rings (SSSR count). The molecule has 0 aliphatic carbocycles. The Morgan fingerprint density at radius 2 is 1.96 bits per heavy atom. The quantitative estimate of drug-likeness (QED) is 0.580. The average molecular weight is 345 g/mol. The number of rotatable bonds is 8. The van der Waals surface area contributed by atoms with Crippen molar-refractivity contribution in [2.24, 2.45) is 5.92 Å². The summed E-state index contributed by atoms with van der Waals surface area (Å²) < 4.78 is 0. The maximum Gasteiger partial charge on any atom is 0.303 e. The molecule has 4 N–H and O–H groups in total. The van der Waals surface area contributed by atoms with Gasteiger partial charge < -0.3 is 20.7 Å². The van der Waals surface area contributed by atoms with Gasteiger partial charge in [0.1, 0.15) is 6.04 Å². The van der Waals surface area contributed by atoms with E-state index in [1.54, 1.807) is 6.92 Å². The van der Waals surface area contributed by atoms with E-state index in [2.05, 4.69) is 15.6 Å². The monoisotopic (exact) mass is 345 g/mol. The number of benzene rings is 1. The second kappa shape index (κ2) is 8.32. The summed E-state index contributed by atoms with van der Waals surface area (Å²) in [5, 5.41) is 15.2. The third-order valence-electron chi connectivity index (χ3n) is 3.94. The van der Waals surface area contributed by atoms with Gasteiger partial charge in [-0.25, -0.2) is 0 Å². The first-order valence-corrected chi connectivity index (χ1v) is 8.18. The van der Waals surface area contributed by atoms with Gasteiger partial charge in [0, 0.05) is 43.4 Å². The van der Waals surface area contributed by atoms with Gasteiger partial charge in [-0.05, 0) is 17.5 Å². The number of H-pyrrole nitrogens is 1. The smallest absolute Gasteiger partial charge is 0.303 e. The second-order valence-corrected chi connectivity index (χ2v) is 6.26. The van der Waals surface area contributed by atoms with E-state index in [1.807, 2.05) is 30.5 Å². The number of amides is 2. The van der Waals surface area contributed by atoms with Gasteiger partial charge in [-0.15, -0.1) is 0 Å². The lowest BCUT2D eigenvalue weighted by molar-refractivity contribution is -0.138. The first kappa shape index (κ1) is 18.5. The molecule has 7 nitrogen and oxygen atoms in total. The molecular weight excluding hydrogens is 322 g/mol. The van der Waals surface area contributed by atoms with Crippen molar-refractivity contribution >= 4 is 28.7 Å². The molecule has 0 aliphatic rings. The van der Waals surface area contributed by atoms with Crippen molar-refractivity contribution in [2.75, 3.05) is 6.54 Å². The highest BCUT2D eigenvalue weighted by molar-refractivity contribution is 5.89. The average Bonchev–Trinajstić information content (AvgIpc) is 2.94. The topological polar surface area (TPSA) is 111 Å². The Labute approximate surface area is 145 Å². The predicted molar refractivity (Wildman–Crippen MR) is 94.0 cm³/mol. The van der Waals surface area contributed by atoms with E-state index in [0.29, 0.717) is 6.42 Å². The number of carbonyl (C=O) groups excluding carboxylic acids is 2. The number of aromatic nitrogens is 1. The molecule has 0 saturated heterocycles.